The van der Waals surface area contributed by atoms with E-state index < -0.39 is 17.9 Å². The molecule has 2 aromatic rings. The SMILES string of the molecule is CC(=O)c1ccc(N2C(=O)[C@@H]3[C@@H](C2=O)[C@@H](C(=O)c2ccccc2)[NH+]2CCC[C@H]32)cc1. The fraction of sp³-hybridized carbons (Fsp3) is 0.333. The zero-order chi connectivity index (χ0) is 21.0. The second-order valence-corrected chi connectivity index (χ2v) is 8.45. The van der Waals surface area contributed by atoms with Gasteiger partial charge in [0, 0.05) is 24.0 Å². The van der Waals surface area contributed by atoms with Gasteiger partial charge < -0.3 is 4.90 Å². The third-order valence-electron chi connectivity index (χ3n) is 6.92. The van der Waals surface area contributed by atoms with Crippen LogP contribution in [-0.4, -0.2) is 42.0 Å². The van der Waals surface area contributed by atoms with E-state index in [0.717, 1.165) is 24.3 Å². The topological polar surface area (TPSA) is 76.0 Å². The molecular weight excluding hydrogens is 380 g/mol. The molecule has 0 radical (unpaired) electrons. The van der Waals surface area contributed by atoms with Crippen LogP contribution in [0, 0.1) is 11.8 Å². The second-order valence-electron chi connectivity index (χ2n) is 8.45. The van der Waals surface area contributed by atoms with Crippen molar-refractivity contribution in [2.75, 3.05) is 11.4 Å². The van der Waals surface area contributed by atoms with Crippen LogP contribution in [0.25, 0.3) is 0 Å². The van der Waals surface area contributed by atoms with E-state index in [1.165, 1.54) is 11.8 Å². The summed E-state index contributed by atoms with van der Waals surface area (Å²) in [4.78, 5) is 54.1. The molecular formula is C24H23N2O4+. The van der Waals surface area contributed by atoms with Crippen LogP contribution in [0.3, 0.4) is 0 Å². The lowest BCUT2D eigenvalue weighted by Gasteiger charge is -2.25. The number of carbonyl (C=O) groups is 4. The number of fused-ring (bicyclic) bond motifs is 3. The van der Waals surface area contributed by atoms with Gasteiger partial charge in [0.05, 0.1) is 12.2 Å². The van der Waals surface area contributed by atoms with Crippen LogP contribution in [0.1, 0.15) is 40.5 Å². The molecule has 2 amide bonds. The maximum absolute atomic E-state index is 13.5. The Morgan fingerprint density at radius 1 is 0.900 bits per heavy atom. The minimum Gasteiger partial charge on any atom is -0.322 e. The molecule has 2 aromatic carbocycles. The number of rotatable bonds is 4. The molecule has 3 aliphatic rings. The summed E-state index contributed by atoms with van der Waals surface area (Å²) in [5.74, 6) is -1.72. The van der Waals surface area contributed by atoms with E-state index in [1.54, 1.807) is 36.4 Å². The van der Waals surface area contributed by atoms with Crippen molar-refractivity contribution in [1.82, 2.24) is 0 Å². The Morgan fingerprint density at radius 3 is 2.23 bits per heavy atom. The van der Waals surface area contributed by atoms with E-state index in [2.05, 4.69) is 0 Å². The van der Waals surface area contributed by atoms with Gasteiger partial charge in [0.15, 0.2) is 11.8 Å². The molecule has 0 aliphatic carbocycles. The monoisotopic (exact) mass is 403 g/mol. The molecule has 30 heavy (non-hydrogen) atoms. The maximum atomic E-state index is 13.5. The number of nitrogens with zero attached hydrogens (tertiary/aromatic N) is 1. The molecule has 0 spiro atoms. The fourth-order valence-corrected chi connectivity index (χ4v) is 5.62. The number of ketones is 2. The predicted octanol–water partition coefficient (Wildman–Crippen LogP) is 1.31. The van der Waals surface area contributed by atoms with Crippen LogP contribution < -0.4 is 9.80 Å². The van der Waals surface area contributed by atoms with Gasteiger partial charge in [-0.1, -0.05) is 30.3 Å². The summed E-state index contributed by atoms with van der Waals surface area (Å²) < 4.78 is 0. The molecule has 3 heterocycles. The fourth-order valence-electron chi connectivity index (χ4n) is 5.62. The minimum atomic E-state index is -0.627. The largest absolute Gasteiger partial charge is 0.322 e. The summed E-state index contributed by atoms with van der Waals surface area (Å²) in [7, 11) is 0. The van der Waals surface area contributed by atoms with E-state index in [-0.39, 0.29) is 29.4 Å². The van der Waals surface area contributed by atoms with E-state index in [9.17, 15) is 19.2 Å². The Labute approximate surface area is 174 Å². The Balaban J connectivity index is 1.52. The maximum Gasteiger partial charge on any atom is 0.244 e. The highest BCUT2D eigenvalue weighted by Gasteiger charge is 2.68. The number of benzene rings is 2. The number of hydrogen-bond donors (Lipinski definition) is 1. The Morgan fingerprint density at radius 2 is 1.57 bits per heavy atom. The summed E-state index contributed by atoms with van der Waals surface area (Å²) >= 11 is 0. The van der Waals surface area contributed by atoms with Crippen molar-refractivity contribution in [3.05, 3.63) is 65.7 Å². The predicted molar refractivity (Wildman–Crippen MR) is 109 cm³/mol. The molecule has 5 atom stereocenters. The molecule has 0 aromatic heterocycles. The Kier molecular flexibility index (Phi) is 4.40. The molecule has 3 aliphatic heterocycles. The number of anilines is 1. The lowest BCUT2D eigenvalue weighted by molar-refractivity contribution is -0.915. The molecule has 3 saturated heterocycles. The van der Waals surface area contributed by atoms with E-state index >= 15 is 0 Å². The third-order valence-corrected chi connectivity index (χ3v) is 6.92. The van der Waals surface area contributed by atoms with E-state index in [0.29, 0.717) is 16.8 Å². The molecule has 0 saturated carbocycles. The Bertz CT molecular complexity index is 1050. The highest BCUT2D eigenvalue weighted by molar-refractivity contribution is 6.24. The number of quaternary nitrogens is 1. The zero-order valence-corrected chi connectivity index (χ0v) is 16.7. The molecule has 1 unspecified atom stereocenters. The summed E-state index contributed by atoms with van der Waals surface area (Å²) in [5.41, 5.74) is 1.59. The van der Waals surface area contributed by atoms with Crippen molar-refractivity contribution in [2.45, 2.75) is 31.8 Å². The summed E-state index contributed by atoms with van der Waals surface area (Å²) in [6.07, 6.45) is 1.81. The van der Waals surface area contributed by atoms with Crippen LogP contribution in [-0.2, 0) is 9.59 Å². The standard InChI is InChI=1S/C24H22N2O4/c1-14(27)15-9-11-17(12-10-15)26-23(29)19-18-8-5-13-25(18)21(20(19)24(26)30)22(28)16-6-3-2-4-7-16/h2-4,6-7,9-12,18-21H,5,8,13H2,1H3/p+1/t18-,19+,20-,21+/m1/s1. The first-order valence-corrected chi connectivity index (χ1v) is 10.4. The van der Waals surface area contributed by atoms with Crippen molar-refractivity contribution in [1.29, 1.82) is 0 Å². The number of carbonyl (C=O) groups excluding carboxylic acids is 4. The first-order chi connectivity index (χ1) is 14.5. The molecule has 152 valence electrons. The third kappa shape index (κ3) is 2.67. The van der Waals surface area contributed by atoms with Crippen molar-refractivity contribution < 1.29 is 24.1 Å². The normalized spacial score (nSPS) is 29.8. The molecule has 6 heteroatoms. The second kappa shape index (κ2) is 6.99. The molecule has 0 bridgehead atoms. The van der Waals surface area contributed by atoms with E-state index in [1.807, 2.05) is 18.2 Å². The van der Waals surface area contributed by atoms with Gasteiger partial charge in [-0.3, -0.25) is 19.2 Å². The summed E-state index contributed by atoms with van der Waals surface area (Å²) in [6.45, 7) is 2.29. The van der Waals surface area contributed by atoms with Crippen LogP contribution in [0.5, 0.6) is 0 Å². The van der Waals surface area contributed by atoms with Gasteiger partial charge in [-0.2, -0.15) is 0 Å². The number of amides is 2. The number of hydrogen-bond acceptors (Lipinski definition) is 4. The highest BCUT2D eigenvalue weighted by atomic mass is 16.2. The van der Waals surface area contributed by atoms with Gasteiger partial charge >= 0.3 is 0 Å². The minimum absolute atomic E-state index is 0.00519. The average Bonchev–Trinajstić information content (AvgIpc) is 3.40. The van der Waals surface area contributed by atoms with Crippen LogP contribution >= 0.6 is 0 Å². The smallest absolute Gasteiger partial charge is 0.244 e. The van der Waals surface area contributed by atoms with Crippen LogP contribution in [0.2, 0.25) is 0 Å². The van der Waals surface area contributed by atoms with Crippen molar-refractivity contribution >= 4 is 29.1 Å². The van der Waals surface area contributed by atoms with Crippen LogP contribution in [0.4, 0.5) is 5.69 Å². The van der Waals surface area contributed by atoms with Crippen LogP contribution in [0.15, 0.2) is 54.6 Å². The summed E-state index contributed by atoms with van der Waals surface area (Å²) in [6, 6.07) is 15.1. The lowest BCUT2D eigenvalue weighted by atomic mass is 9.85. The zero-order valence-electron chi connectivity index (χ0n) is 16.7. The van der Waals surface area contributed by atoms with E-state index in [4.69, 9.17) is 0 Å². The number of imide groups is 1. The van der Waals surface area contributed by atoms with Gasteiger partial charge in [-0.25, -0.2) is 4.90 Å². The average molecular weight is 403 g/mol. The first-order valence-electron chi connectivity index (χ1n) is 10.4. The molecule has 5 rings (SSSR count). The molecule has 6 nitrogen and oxygen atoms in total. The first kappa shape index (κ1) is 18.9. The Hall–Kier alpha value is -3.12. The van der Waals surface area contributed by atoms with Gasteiger partial charge in [0.2, 0.25) is 17.6 Å². The van der Waals surface area contributed by atoms with Gasteiger partial charge in [0.1, 0.15) is 17.9 Å². The number of Topliss-reactive ketones (excluding diaryl/α,β-unsaturated/α-hetero) is 2. The number of nitrogens with one attached hydrogen (secondary N) is 1. The molecule has 1 N–H and O–H groups in total. The van der Waals surface area contributed by atoms with Crippen molar-refractivity contribution in [2.24, 2.45) is 11.8 Å². The lowest BCUT2D eigenvalue weighted by Crippen LogP contribution is -3.16. The van der Waals surface area contributed by atoms with Gasteiger partial charge in [0.25, 0.3) is 0 Å². The van der Waals surface area contributed by atoms with Crippen molar-refractivity contribution in [3.63, 3.8) is 0 Å². The van der Waals surface area contributed by atoms with Crippen molar-refractivity contribution in [3.8, 4) is 0 Å². The quantitative estimate of drug-likeness (QED) is 0.617. The summed E-state index contributed by atoms with van der Waals surface area (Å²) in [5, 5.41) is 0. The molecule has 3 fully saturated rings. The van der Waals surface area contributed by atoms with Gasteiger partial charge in [-0.05, 0) is 31.2 Å². The highest BCUT2D eigenvalue weighted by Crippen LogP contribution is 2.40. The van der Waals surface area contributed by atoms with Gasteiger partial charge in [-0.15, -0.1) is 0 Å².